The highest BCUT2D eigenvalue weighted by Gasteiger charge is 2.41. The second kappa shape index (κ2) is 7.14. The number of hydrogen-bond acceptors (Lipinski definition) is 4. The summed E-state index contributed by atoms with van der Waals surface area (Å²) in [6.07, 6.45) is 3.94. The Balaban J connectivity index is 1.38. The molecular formula is C19H32N2O4. The maximum atomic E-state index is 12.1. The van der Waals surface area contributed by atoms with Gasteiger partial charge < -0.3 is 19.6 Å². The van der Waals surface area contributed by atoms with E-state index in [-0.39, 0.29) is 12.0 Å². The van der Waals surface area contributed by atoms with Crippen molar-refractivity contribution in [2.45, 2.75) is 52.1 Å². The van der Waals surface area contributed by atoms with Crippen LogP contribution in [0.3, 0.4) is 0 Å². The van der Waals surface area contributed by atoms with Crippen LogP contribution < -0.4 is 0 Å². The van der Waals surface area contributed by atoms with Crippen molar-refractivity contribution >= 4 is 12.1 Å². The molecule has 25 heavy (non-hydrogen) atoms. The Kier molecular flexibility index (Phi) is 5.28. The molecule has 1 amide bonds. The number of amides is 1. The number of carbonyl (C=O) groups excluding carboxylic acids is 1. The first-order chi connectivity index (χ1) is 11.7. The predicted octanol–water partition coefficient (Wildman–Crippen LogP) is 2.68. The maximum Gasteiger partial charge on any atom is 0.410 e. The number of hydrogen-bond donors (Lipinski definition) is 1. The van der Waals surface area contributed by atoms with Gasteiger partial charge in [0, 0.05) is 26.2 Å². The van der Waals surface area contributed by atoms with Gasteiger partial charge in [-0.3, -0.25) is 4.79 Å². The van der Waals surface area contributed by atoms with Crippen LogP contribution in [0.2, 0.25) is 0 Å². The van der Waals surface area contributed by atoms with Crippen LogP contribution in [-0.4, -0.2) is 65.3 Å². The van der Waals surface area contributed by atoms with Gasteiger partial charge in [0.25, 0.3) is 0 Å². The third-order valence-corrected chi connectivity index (χ3v) is 5.87. The van der Waals surface area contributed by atoms with Crippen molar-refractivity contribution < 1.29 is 19.4 Å². The number of rotatable bonds is 4. The van der Waals surface area contributed by atoms with Gasteiger partial charge in [-0.05, 0) is 70.8 Å². The number of aliphatic carboxylic acids is 1. The molecule has 1 atom stereocenters. The van der Waals surface area contributed by atoms with Gasteiger partial charge in [-0.15, -0.1) is 0 Å². The number of likely N-dealkylation sites (tertiary alicyclic amines) is 2. The van der Waals surface area contributed by atoms with Gasteiger partial charge in [-0.25, -0.2) is 4.79 Å². The van der Waals surface area contributed by atoms with Crippen LogP contribution in [0.1, 0.15) is 46.5 Å². The van der Waals surface area contributed by atoms with Crippen molar-refractivity contribution in [1.82, 2.24) is 9.80 Å². The van der Waals surface area contributed by atoms with Crippen LogP contribution in [0.4, 0.5) is 4.79 Å². The molecule has 0 aromatic heterocycles. The number of carboxylic acids is 1. The van der Waals surface area contributed by atoms with Gasteiger partial charge in [0.05, 0.1) is 5.92 Å². The van der Waals surface area contributed by atoms with Gasteiger partial charge in [0.15, 0.2) is 0 Å². The summed E-state index contributed by atoms with van der Waals surface area (Å²) in [7, 11) is 0. The molecule has 6 nitrogen and oxygen atoms in total. The molecule has 0 spiro atoms. The summed E-state index contributed by atoms with van der Waals surface area (Å²) in [5.74, 6) is 1.05. The molecule has 3 rings (SSSR count). The summed E-state index contributed by atoms with van der Waals surface area (Å²) in [5, 5.41) is 9.00. The van der Waals surface area contributed by atoms with E-state index < -0.39 is 11.6 Å². The van der Waals surface area contributed by atoms with E-state index in [9.17, 15) is 9.59 Å². The number of carboxylic acid groups (broad SMARTS) is 1. The summed E-state index contributed by atoms with van der Waals surface area (Å²) in [6, 6.07) is 0. The van der Waals surface area contributed by atoms with Crippen molar-refractivity contribution in [2.75, 3.05) is 32.7 Å². The lowest BCUT2D eigenvalue weighted by Gasteiger charge is -2.47. The highest BCUT2D eigenvalue weighted by Crippen LogP contribution is 2.37. The van der Waals surface area contributed by atoms with Crippen LogP contribution in [0.15, 0.2) is 0 Å². The number of nitrogens with zero attached hydrogens (tertiary/aromatic N) is 2. The third kappa shape index (κ3) is 4.66. The van der Waals surface area contributed by atoms with Gasteiger partial charge in [0.2, 0.25) is 0 Å². The van der Waals surface area contributed by atoms with Gasteiger partial charge in [-0.2, -0.15) is 0 Å². The monoisotopic (exact) mass is 352 g/mol. The van der Waals surface area contributed by atoms with E-state index in [2.05, 4.69) is 4.90 Å². The Bertz CT molecular complexity index is 504. The maximum absolute atomic E-state index is 12.1. The minimum atomic E-state index is -0.635. The number of ether oxygens (including phenoxy) is 1. The van der Waals surface area contributed by atoms with E-state index in [4.69, 9.17) is 9.84 Å². The van der Waals surface area contributed by atoms with Crippen molar-refractivity contribution in [3.05, 3.63) is 0 Å². The summed E-state index contributed by atoms with van der Waals surface area (Å²) in [4.78, 5) is 27.3. The van der Waals surface area contributed by atoms with Gasteiger partial charge in [0.1, 0.15) is 5.60 Å². The molecule has 142 valence electrons. The van der Waals surface area contributed by atoms with Crippen molar-refractivity contribution in [3.8, 4) is 0 Å². The fourth-order valence-corrected chi connectivity index (χ4v) is 4.38. The van der Waals surface area contributed by atoms with Gasteiger partial charge in [-0.1, -0.05) is 0 Å². The molecule has 0 aromatic carbocycles. The second-order valence-electron chi connectivity index (χ2n) is 9.18. The molecule has 0 unspecified atom stereocenters. The minimum absolute atomic E-state index is 0.111. The van der Waals surface area contributed by atoms with E-state index in [0.717, 1.165) is 45.6 Å². The summed E-state index contributed by atoms with van der Waals surface area (Å²) < 4.78 is 5.43. The highest BCUT2D eigenvalue weighted by molar-refractivity contribution is 5.71. The Hall–Kier alpha value is -1.30. The second-order valence-corrected chi connectivity index (χ2v) is 9.18. The lowest BCUT2D eigenvalue weighted by molar-refractivity contribution is -0.146. The first-order valence-electron chi connectivity index (χ1n) is 9.64. The van der Waals surface area contributed by atoms with E-state index in [0.29, 0.717) is 17.8 Å². The molecule has 6 heteroatoms. The first kappa shape index (κ1) is 18.5. The topological polar surface area (TPSA) is 70.1 Å². The Morgan fingerprint density at radius 2 is 1.80 bits per heavy atom. The molecule has 3 fully saturated rings. The molecule has 2 aliphatic heterocycles. The Morgan fingerprint density at radius 1 is 1.12 bits per heavy atom. The molecule has 0 bridgehead atoms. The normalized spacial score (nSPS) is 31.2. The van der Waals surface area contributed by atoms with Crippen LogP contribution in [-0.2, 0) is 9.53 Å². The third-order valence-electron chi connectivity index (χ3n) is 5.87. The molecule has 1 N–H and O–H groups in total. The number of carbonyl (C=O) groups is 2. The van der Waals surface area contributed by atoms with Crippen molar-refractivity contribution in [1.29, 1.82) is 0 Å². The molecule has 2 heterocycles. The molecule has 0 radical (unpaired) electrons. The first-order valence-corrected chi connectivity index (χ1v) is 9.64. The smallest absolute Gasteiger partial charge is 0.410 e. The zero-order valence-electron chi connectivity index (χ0n) is 15.7. The van der Waals surface area contributed by atoms with Gasteiger partial charge >= 0.3 is 12.1 Å². The largest absolute Gasteiger partial charge is 0.481 e. The quantitative estimate of drug-likeness (QED) is 0.842. The number of piperidine rings is 1. The summed E-state index contributed by atoms with van der Waals surface area (Å²) in [5.41, 5.74) is -0.430. The summed E-state index contributed by atoms with van der Waals surface area (Å²) >= 11 is 0. The average molecular weight is 352 g/mol. The molecular weight excluding hydrogens is 320 g/mol. The van der Waals surface area contributed by atoms with Crippen LogP contribution >= 0.6 is 0 Å². The van der Waals surface area contributed by atoms with E-state index >= 15 is 0 Å². The fraction of sp³-hybridized carbons (Fsp3) is 0.895. The molecule has 0 aromatic rings. The van der Waals surface area contributed by atoms with Crippen LogP contribution in [0, 0.1) is 23.7 Å². The van der Waals surface area contributed by atoms with Crippen LogP contribution in [0.25, 0.3) is 0 Å². The average Bonchev–Trinajstić information content (AvgIpc) is 2.38. The SMILES string of the molecule is CC(C)(C)OC(=O)N1CC([C@H]2CCCN(CC3CC(C(=O)O)C3)C2)C1. The molecule has 1 saturated carbocycles. The highest BCUT2D eigenvalue weighted by atomic mass is 16.6. The van der Waals surface area contributed by atoms with E-state index in [1.807, 2.05) is 25.7 Å². The van der Waals surface area contributed by atoms with Crippen molar-refractivity contribution in [3.63, 3.8) is 0 Å². The lowest BCUT2D eigenvalue weighted by atomic mass is 9.74. The predicted molar refractivity (Wildman–Crippen MR) is 94.3 cm³/mol. The zero-order chi connectivity index (χ0) is 18.2. The van der Waals surface area contributed by atoms with E-state index in [1.54, 1.807) is 0 Å². The Labute approximate surface area is 150 Å². The molecule has 2 saturated heterocycles. The summed E-state index contributed by atoms with van der Waals surface area (Å²) in [6.45, 7) is 10.6. The zero-order valence-corrected chi connectivity index (χ0v) is 15.7. The van der Waals surface area contributed by atoms with Crippen LogP contribution in [0.5, 0.6) is 0 Å². The lowest BCUT2D eigenvalue weighted by Crippen LogP contribution is -2.56. The van der Waals surface area contributed by atoms with Crippen molar-refractivity contribution in [2.24, 2.45) is 23.7 Å². The molecule has 3 aliphatic rings. The fourth-order valence-electron chi connectivity index (χ4n) is 4.38. The standard InChI is InChI=1S/C19H32N2O4/c1-19(2,3)25-18(24)21-11-16(12-21)14-5-4-6-20(10-14)9-13-7-15(8-13)17(22)23/h13-16H,4-12H2,1-3H3,(H,22,23)/t13?,14-,15?/m0/s1. The minimum Gasteiger partial charge on any atom is -0.481 e. The Morgan fingerprint density at radius 3 is 2.40 bits per heavy atom. The molecule has 1 aliphatic carbocycles. The van der Waals surface area contributed by atoms with E-state index in [1.165, 1.54) is 12.8 Å².